The third kappa shape index (κ3) is 4.46. The van der Waals surface area contributed by atoms with Crippen molar-refractivity contribution in [2.45, 2.75) is 47.1 Å². The van der Waals surface area contributed by atoms with E-state index in [4.69, 9.17) is 4.98 Å². The molecule has 1 aliphatic heterocycles. The van der Waals surface area contributed by atoms with E-state index in [0.717, 1.165) is 70.0 Å². The Balaban J connectivity index is 1.39. The zero-order chi connectivity index (χ0) is 22.1. The second-order valence-electron chi connectivity index (χ2n) is 8.22. The van der Waals surface area contributed by atoms with E-state index >= 15 is 0 Å². The predicted molar refractivity (Wildman–Crippen MR) is 122 cm³/mol. The second kappa shape index (κ2) is 8.74. The van der Waals surface area contributed by atoms with Crippen molar-refractivity contribution in [3.05, 3.63) is 39.1 Å². The minimum Gasteiger partial charge on any atom is -0.351 e. The van der Waals surface area contributed by atoms with Gasteiger partial charge in [-0.05, 0) is 51.7 Å². The van der Waals surface area contributed by atoms with Crippen LogP contribution in [0.15, 0.2) is 12.4 Å². The van der Waals surface area contributed by atoms with E-state index in [1.165, 1.54) is 0 Å². The van der Waals surface area contributed by atoms with Crippen LogP contribution in [0.1, 0.15) is 39.5 Å². The molecule has 8 nitrogen and oxygen atoms in total. The topological polar surface area (TPSA) is 88.8 Å². The minimum atomic E-state index is 0.0230. The van der Waals surface area contributed by atoms with E-state index in [2.05, 4.69) is 25.3 Å². The number of nitrogens with zero attached hydrogens (tertiary/aromatic N) is 6. The van der Waals surface area contributed by atoms with Gasteiger partial charge in [0.25, 0.3) is 0 Å². The van der Waals surface area contributed by atoms with Crippen molar-refractivity contribution < 1.29 is 4.79 Å². The molecule has 1 amide bonds. The second-order valence-corrected chi connectivity index (χ2v) is 9.51. The lowest BCUT2D eigenvalue weighted by atomic mass is 9.96. The van der Waals surface area contributed by atoms with E-state index in [1.807, 2.05) is 51.8 Å². The number of hydrogen-bond donors (Lipinski definition) is 1. The number of anilines is 1. The van der Waals surface area contributed by atoms with E-state index < -0.39 is 0 Å². The quantitative estimate of drug-likeness (QED) is 0.657. The molecule has 0 saturated carbocycles. The van der Waals surface area contributed by atoms with Crippen molar-refractivity contribution in [1.29, 1.82) is 0 Å². The molecular weight excluding hydrogens is 410 g/mol. The first-order valence-electron chi connectivity index (χ1n) is 10.6. The number of carbonyl (C=O) groups is 1. The number of rotatable bonds is 5. The molecule has 9 heteroatoms. The van der Waals surface area contributed by atoms with Crippen molar-refractivity contribution in [2.24, 2.45) is 13.0 Å². The van der Waals surface area contributed by atoms with E-state index in [-0.39, 0.29) is 11.8 Å². The van der Waals surface area contributed by atoms with E-state index in [1.54, 1.807) is 11.3 Å². The molecule has 3 aromatic rings. The fraction of sp³-hybridized carbons (Fsp3) is 0.500. The number of thiazole rings is 1. The molecule has 0 unspecified atom stereocenters. The van der Waals surface area contributed by atoms with Gasteiger partial charge in [0.1, 0.15) is 0 Å². The Hall–Kier alpha value is -2.81. The molecule has 4 rings (SSSR count). The molecule has 4 heterocycles. The molecule has 0 aromatic carbocycles. The zero-order valence-electron chi connectivity index (χ0n) is 18.8. The third-order valence-electron chi connectivity index (χ3n) is 5.88. The highest BCUT2D eigenvalue weighted by molar-refractivity contribution is 7.11. The number of carbonyl (C=O) groups excluding carboxylic acids is 1. The van der Waals surface area contributed by atoms with Crippen LogP contribution in [-0.2, 0) is 18.4 Å². The standard InChI is InChI=1S/C22H29N7OS/c1-13-10-24-22(27-19(13)20-14(2)11-25-28(20)5)29-8-6-17(7-9-29)21(30)23-12-18-15(3)26-16(4)31-18/h10-11,17H,6-9,12H2,1-5H3,(H,23,30). The first kappa shape index (κ1) is 21.4. The number of piperidine rings is 1. The van der Waals surface area contributed by atoms with Gasteiger partial charge in [0, 0.05) is 37.1 Å². The molecule has 1 N–H and O–H groups in total. The molecular formula is C22H29N7OS. The third-order valence-corrected chi connectivity index (χ3v) is 6.95. The first-order chi connectivity index (χ1) is 14.8. The normalized spacial score (nSPS) is 14.8. The fourth-order valence-corrected chi connectivity index (χ4v) is 4.98. The summed E-state index contributed by atoms with van der Waals surface area (Å²) in [5.41, 5.74) is 5.06. The molecule has 0 spiro atoms. The zero-order valence-corrected chi connectivity index (χ0v) is 19.6. The average Bonchev–Trinajstić information content (AvgIpc) is 3.26. The van der Waals surface area contributed by atoms with Crippen LogP contribution in [0.25, 0.3) is 11.4 Å². The lowest BCUT2D eigenvalue weighted by molar-refractivity contribution is -0.125. The van der Waals surface area contributed by atoms with Gasteiger partial charge in [-0.25, -0.2) is 15.0 Å². The molecule has 1 aliphatic rings. The van der Waals surface area contributed by atoms with Gasteiger partial charge < -0.3 is 10.2 Å². The van der Waals surface area contributed by atoms with Gasteiger partial charge in [-0.1, -0.05) is 0 Å². The maximum absolute atomic E-state index is 12.7. The summed E-state index contributed by atoms with van der Waals surface area (Å²) in [7, 11) is 1.93. The van der Waals surface area contributed by atoms with Crippen LogP contribution >= 0.6 is 11.3 Å². The highest BCUT2D eigenvalue weighted by Gasteiger charge is 2.27. The molecule has 1 saturated heterocycles. The monoisotopic (exact) mass is 439 g/mol. The highest BCUT2D eigenvalue weighted by atomic mass is 32.1. The van der Waals surface area contributed by atoms with Crippen LogP contribution in [0.5, 0.6) is 0 Å². The van der Waals surface area contributed by atoms with Crippen molar-refractivity contribution in [3.63, 3.8) is 0 Å². The molecule has 164 valence electrons. The van der Waals surface area contributed by atoms with Gasteiger partial charge in [0.05, 0.1) is 34.8 Å². The first-order valence-corrected chi connectivity index (χ1v) is 11.4. The summed E-state index contributed by atoms with van der Waals surface area (Å²) in [6.07, 6.45) is 5.33. The Morgan fingerprint density at radius 3 is 2.48 bits per heavy atom. The van der Waals surface area contributed by atoms with Crippen LogP contribution in [0.3, 0.4) is 0 Å². The molecule has 0 atom stereocenters. The molecule has 3 aromatic heterocycles. The number of nitrogens with one attached hydrogen (secondary N) is 1. The van der Waals surface area contributed by atoms with Crippen LogP contribution in [-0.4, -0.2) is 43.7 Å². The summed E-state index contributed by atoms with van der Waals surface area (Å²) in [6, 6.07) is 0. The SMILES string of the molecule is Cc1nc(C)c(CNC(=O)C2CCN(c3ncc(C)c(-c4c(C)cnn4C)n3)CC2)s1. The van der Waals surface area contributed by atoms with Crippen molar-refractivity contribution in [3.8, 4) is 11.4 Å². The Morgan fingerprint density at radius 2 is 1.87 bits per heavy atom. The van der Waals surface area contributed by atoms with Crippen molar-refractivity contribution in [1.82, 2.24) is 30.0 Å². The molecule has 1 fully saturated rings. The Bertz CT molecular complexity index is 1080. The van der Waals surface area contributed by atoms with E-state index in [9.17, 15) is 4.79 Å². The van der Waals surface area contributed by atoms with Gasteiger partial charge in [-0.15, -0.1) is 11.3 Å². The minimum absolute atomic E-state index is 0.0230. The van der Waals surface area contributed by atoms with E-state index in [0.29, 0.717) is 6.54 Å². The number of amides is 1. The lowest BCUT2D eigenvalue weighted by Gasteiger charge is -2.31. The molecule has 31 heavy (non-hydrogen) atoms. The van der Waals surface area contributed by atoms with Crippen molar-refractivity contribution in [2.75, 3.05) is 18.0 Å². The van der Waals surface area contributed by atoms with Crippen LogP contribution in [0.2, 0.25) is 0 Å². The Labute approximate surface area is 186 Å². The summed E-state index contributed by atoms with van der Waals surface area (Å²) in [4.78, 5) is 29.8. The summed E-state index contributed by atoms with van der Waals surface area (Å²) in [5.74, 6) is 0.867. The predicted octanol–water partition coefficient (Wildman–Crippen LogP) is 3.10. The lowest BCUT2D eigenvalue weighted by Crippen LogP contribution is -2.41. The van der Waals surface area contributed by atoms with Gasteiger partial charge >= 0.3 is 0 Å². The molecule has 0 aliphatic carbocycles. The summed E-state index contributed by atoms with van der Waals surface area (Å²) >= 11 is 1.65. The molecule has 0 radical (unpaired) electrons. The molecule has 0 bridgehead atoms. The van der Waals surface area contributed by atoms with Gasteiger partial charge in [-0.3, -0.25) is 9.48 Å². The van der Waals surface area contributed by atoms with Crippen LogP contribution in [0.4, 0.5) is 5.95 Å². The number of aryl methyl sites for hydroxylation is 5. The van der Waals surface area contributed by atoms with Gasteiger partial charge in [0.2, 0.25) is 11.9 Å². The summed E-state index contributed by atoms with van der Waals surface area (Å²) in [6.45, 7) is 10.1. The van der Waals surface area contributed by atoms with Crippen molar-refractivity contribution >= 4 is 23.2 Å². The average molecular weight is 440 g/mol. The Kier molecular flexibility index (Phi) is 6.04. The summed E-state index contributed by atoms with van der Waals surface area (Å²) < 4.78 is 1.86. The maximum Gasteiger partial charge on any atom is 0.225 e. The largest absolute Gasteiger partial charge is 0.351 e. The fourth-order valence-electron chi connectivity index (χ4n) is 4.10. The highest BCUT2D eigenvalue weighted by Crippen LogP contribution is 2.27. The maximum atomic E-state index is 12.7. The van der Waals surface area contributed by atoms with Crippen LogP contribution < -0.4 is 10.2 Å². The summed E-state index contributed by atoms with van der Waals surface area (Å²) in [5, 5.41) is 8.48. The Morgan fingerprint density at radius 1 is 1.13 bits per heavy atom. The number of hydrogen-bond acceptors (Lipinski definition) is 7. The van der Waals surface area contributed by atoms with Gasteiger partial charge in [-0.2, -0.15) is 5.10 Å². The van der Waals surface area contributed by atoms with Crippen LogP contribution in [0, 0.1) is 33.6 Å². The smallest absolute Gasteiger partial charge is 0.225 e. The number of aromatic nitrogens is 5. The van der Waals surface area contributed by atoms with Gasteiger partial charge in [0.15, 0.2) is 0 Å².